The highest BCUT2D eigenvalue weighted by Gasteiger charge is 2.67. The van der Waals surface area contributed by atoms with E-state index in [0.717, 1.165) is 0 Å². The van der Waals surface area contributed by atoms with E-state index in [4.69, 9.17) is 4.74 Å². The number of carbonyl (C=O) groups excluding carboxylic acids is 2. The maximum Gasteiger partial charge on any atom is 0.326 e. The minimum atomic E-state index is -3.15. The second kappa shape index (κ2) is 8.27. The van der Waals surface area contributed by atoms with Gasteiger partial charge in [0.2, 0.25) is 5.91 Å². The van der Waals surface area contributed by atoms with Crippen LogP contribution in [0, 0.1) is 5.41 Å². The van der Waals surface area contributed by atoms with Crippen molar-refractivity contribution in [3.63, 3.8) is 0 Å². The van der Waals surface area contributed by atoms with Crippen LogP contribution in [-0.4, -0.2) is 59.6 Å². The van der Waals surface area contributed by atoms with Crippen molar-refractivity contribution < 1.29 is 33.0 Å². The summed E-state index contributed by atoms with van der Waals surface area (Å²) in [6.45, 7) is 3.87. The van der Waals surface area contributed by atoms with Gasteiger partial charge in [-0.2, -0.15) is 8.78 Å². The van der Waals surface area contributed by atoms with Gasteiger partial charge in [-0.1, -0.05) is 36.4 Å². The van der Waals surface area contributed by atoms with Gasteiger partial charge in [-0.05, 0) is 36.1 Å². The minimum Gasteiger partial charge on any atom is -0.480 e. The molecule has 1 aliphatic heterocycles. The van der Waals surface area contributed by atoms with Crippen LogP contribution in [0.15, 0.2) is 55.1 Å². The quantitative estimate of drug-likeness (QED) is 0.445. The molecule has 9 heteroatoms. The molecular formula is C26H24F2N2O5. The number of fused-ring (bicyclic) bond motifs is 4. The van der Waals surface area contributed by atoms with E-state index < -0.39 is 36.3 Å². The molecule has 0 spiro atoms. The predicted molar refractivity (Wildman–Crippen MR) is 122 cm³/mol. The molecule has 2 amide bonds. The second-order valence-corrected chi connectivity index (χ2v) is 9.31. The second-order valence-electron chi connectivity index (χ2n) is 9.31. The van der Waals surface area contributed by atoms with Gasteiger partial charge >= 0.3 is 5.97 Å². The summed E-state index contributed by atoms with van der Waals surface area (Å²) in [7, 11) is 0. The maximum absolute atomic E-state index is 14.7. The van der Waals surface area contributed by atoms with Crippen molar-refractivity contribution in [1.82, 2.24) is 10.2 Å². The number of hydrogen-bond donors (Lipinski definition) is 2. The zero-order valence-electron chi connectivity index (χ0n) is 18.8. The van der Waals surface area contributed by atoms with Crippen molar-refractivity contribution in [3.8, 4) is 11.1 Å². The molecule has 182 valence electrons. The molecule has 1 saturated carbocycles. The Hall–Kier alpha value is -3.59. The Bertz CT molecular complexity index is 1250. The number of piperidine rings is 1. The topological polar surface area (TPSA) is 95.9 Å². The molecule has 5 rings (SSSR count). The fourth-order valence-corrected chi connectivity index (χ4v) is 5.42. The number of amides is 2. The summed E-state index contributed by atoms with van der Waals surface area (Å²) in [5, 5.41) is 12.1. The summed E-state index contributed by atoms with van der Waals surface area (Å²) in [5.74, 6) is -5.35. The molecule has 0 radical (unpaired) electrons. The van der Waals surface area contributed by atoms with Crippen molar-refractivity contribution in [2.75, 3.05) is 19.8 Å². The molecule has 2 aromatic rings. The molecule has 3 aliphatic rings. The molecule has 35 heavy (non-hydrogen) atoms. The van der Waals surface area contributed by atoms with E-state index in [1.165, 1.54) is 29.2 Å². The van der Waals surface area contributed by atoms with E-state index >= 15 is 0 Å². The van der Waals surface area contributed by atoms with Crippen molar-refractivity contribution in [1.29, 1.82) is 0 Å². The molecule has 2 N–H and O–H groups in total. The number of nitrogens with zero attached hydrogens (tertiary/aromatic N) is 1. The zero-order valence-corrected chi connectivity index (χ0v) is 18.8. The van der Waals surface area contributed by atoms with E-state index in [-0.39, 0.29) is 33.7 Å². The first kappa shape index (κ1) is 23.2. The Morgan fingerprint density at radius 1 is 1.14 bits per heavy atom. The number of likely N-dealkylation sites (tertiary alicyclic amines) is 1. The molecule has 0 bridgehead atoms. The van der Waals surface area contributed by atoms with E-state index in [9.17, 15) is 28.3 Å². The Morgan fingerprint density at radius 2 is 1.89 bits per heavy atom. The zero-order chi connectivity index (χ0) is 25.0. The largest absolute Gasteiger partial charge is 0.480 e. The summed E-state index contributed by atoms with van der Waals surface area (Å²) in [6, 6.07) is 8.84. The summed E-state index contributed by atoms with van der Waals surface area (Å²) >= 11 is 0. The molecule has 3 atom stereocenters. The lowest BCUT2D eigenvalue weighted by atomic mass is 10.0. The normalized spacial score (nSPS) is 24.8. The molecule has 0 aromatic heterocycles. The number of alkyl halides is 2. The van der Waals surface area contributed by atoms with Crippen LogP contribution < -0.4 is 5.32 Å². The van der Waals surface area contributed by atoms with Crippen LogP contribution in [0.2, 0.25) is 0 Å². The van der Waals surface area contributed by atoms with Crippen LogP contribution in [0.5, 0.6) is 0 Å². The summed E-state index contributed by atoms with van der Waals surface area (Å²) in [5.41, 5.74) is 0.113. The fraction of sp³-hybridized carbons (Fsp3) is 0.346. The molecular weight excluding hydrogens is 458 g/mol. The molecule has 2 aromatic carbocycles. The number of hydrogen-bond acceptors (Lipinski definition) is 4. The van der Waals surface area contributed by atoms with Gasteiger partial charge in [-0.15, -0.1) is 6.58 Å². The Balaban J connectivity index is 1.28. The smallest absolute Gasteiger partial charge is 0.326 e. The summed E-state index contributed by atoms with van der Waals surface area (Å²) in [4.78, 5) is 38.8. The van der Waals surface area contributed by atoms with Gasteiger partial charge in [0.1, 0.15) is 6.04 Å². The van der Waals surface area contributed by atoms with Crippen LogP contribution in [-0.2, 0) is 20.2 Å². The van der Waals surface area contributed by atoms with Crippen LogP contribution in [0.1, 0.15) is 34.3 Å². The first-order valence-electron chi connectivity index (χ1n) is 11.3. The highest BCUT2D eigenvalue weighted by atomic mass is 19.3. The van der Waals surface area contributed by atoms with E-state index in [1.807, 2.05) is 0 Å². The van der Waals surface area contributed by atoms with Gasteiger partial charge in [0.15, 0.2) is 0 Å². The standard InChI is InChI=1S/C26H24F2N2O5/c1-2-9-35-14-25-11-20(24(33)34)30(21(25)12-25)22(31)13-29-23(32)15-7-8-19-17(10-15)16-5-3-4-6-18(16)26(19,27)28/h2-8,10,20-21H,1,9,11-14H2,(H,29,32)(H,33,34)/t20-,21-,25+/m0/s1. The number of aliphatic carboxylic acids is 1. The number of halogens is 2. The van der Waals surface area contributed by atoms with E-state index in [1.54, 1.807) is 24.3 Å². The third-order valence-electron chi connectivity index (χ3n) is 7.19. The van der Waals surface area contributed by atoms with Crippen molar-refractivity contribution >= 4 is 17.8 Å². The van der Waals surface area contributed by atoms with E-state index in [2.05, 4.69) is 11.9 Å². The van der Waals surface area contributed by atoms with Gasteiger partial charge in [0.25, 0.3) is 11.8 Å². The molecule has 1 heterocycles. The molecule has 0 unspecified atom stereocenters. The lowest BCUT2D eigenvalue weighted by Crippen LogP contribution is -2.47. The van der Waals surface area contributed by atoms with Crippen LogP contribution in [0.3, 0.4) is 0 Å². The van der Waals surface area contributed by atoms with Crippen molar-refractivity contribution in [2.45, 2.75) is 30.8 Å². The fourth-order valence-electron chi connectivity index (χ4n) is 5.42. The number of rotatable bonds is 8. The van der Waals surface area contributed by atoms with Gasteiger partial charge in [0, 0.05) is 28.1 Å². The lowest BCUT2D eigenvalue weighted by Gasteiger charge is -2.24. The highest BCUT2D eigenvalue weighted by molar-refractivity contribution is 5.99. The van der Waals surface area contributed by atoms with E-state index in [0.29, 0.717) is 31.6 Å². The van der Waals surface area contributed by atoms with Gasteiger partial charge < -0.3 is 20.1 Å². The molecule has 1 saturated heterocycles. The lowest BCUT2D eigenvalue weighted by molar-refractivity contribution is -0.149. The Morgan fingerprint density at radius 3 is 2.63 bits per heavy atom. The number of carboxylic acid groups (broad SMARTS) is 1. The number of nitrogens with one attached hydrogen (secondary N) is 1. The molecule has 7 nitrogen and oxygen atoms in total. The van der Waals surface area contributed by atoms with Gasteiger partial charge in [-0.3, -0.25) is 9.59 Å². The third-order valence-corrected chi connectivity index (χ3v) is 7.19. The minimum absolute atomic E-state index is 0.110. The van der Waals surface area contributed by atoms with Gasteiger partial charge in [-0.25, -0.2) is 4.79 Å². The average Bonchev–Trinajstić information content (AvgIpc) is 3.36. The first-order chi connectivity index (χ1) is 16.7. The third kappa shape index (κ3) is 3.70. The van der Waals surface area contributed by atoms with Crippen LogP contribution in [0.4, 0.5) is 8.78 Å². The maximum atomic E-state index is 14.7. The Kier molecular flexibility index (Phi) is 5.47. The predicted octanol–water partition coefficient (Wildman–Crippen LogP) is 3.18. The summed E-state index contributed by atoms with van der Waals surface area (Å²) < 4.78 is 35.0. The molecule has 2 aliphatic carbocycles. The highest BCUT2D eigenvalue weighted by Crippen LogP contribution is 2.59. The number of carboxylic acids is 1. The Labute approximate surface area is 200 Å². The number of carbonyl (C=O) groups is 3. The number of ether oxygens (including phenoxy) is 1. The monoisotopic (exact) mass is 482 g/mol. The van der Waals surface area contributed by atoms with Crippen molar-refractivity contribution in [2.24, 2.45) is 5.41 Å². The average molecular weight is 482 g/mol. The van der Waals surface area contributed by atoms with Crippen molar-refractivity contribution in [3.05, 3.63) is 71.8 Å². The molecule has 2 fully saturated rings. The van der Waals surface area contributed by atoms with Crippen LogP contribution in [0.25, 0.3) is 11.1 Å². The SMILES string of the molecule is C=CCOC[C@@]12C[C@@H]1N(C(=O)CNC(=O)c1ccc3c(c1)-c1ccccc1C3(F)F)[C@H](C(=O)O)C2. The number of benzene rings is 2. The first-order valence-corrected chi connectivity index (χ1v) is 11.3. The van der Waals surface area contributed by atoms with Gasteiger partial charge in [0.05, 0.1) is 19.8 Å². The van der Waals surface area contributed by atoms with Crippen LogP contribution >= 0.6 is 0 Å². The summed E-state index contributed by atoms with van der Waals surface area (Å²) in [6.07, 6.45) is 2.54.